The fourth-order valence-corrected chi connectivity index (χ4v) is 2.62. The second kappa shape index (κ2) is 5.25. The van der Waals surface area contributed by atoms with Crippen LogP contribution in [-0.4, -0.2) is 12.1 Å². The van der Waals surface area contributed by atoms with Crippen LogP contribution in [0.4, 0.5) is 0 Å². The fraction of sp³-hybridized carbons (Fsp3) is 0.438. The van der Waals surface area contributed by atoms with Crippen LogP contribution in [0.15, 0.2) is 30.3 Å². The molecule has 0 heterocycles. The molecule has 0 radical (unpaired) electrons. The highest BCUT2D eigenvalue weighted by Crippen LogP contribution is 2.43. The van der Waals surface area contributed by atoms with Gasteiger partial charge >= 0.3 is 0 Å². The van der Waals surface area contributed by atoms with Crippen LogP contribution < -0.4 is 5.32 Å². The number of nitriles is 1. The lowest BCUT2D eigenvalue weighted by Crippen LogP contribution is -2.53. The van der Waals surface area contributed by atoms with E-state index in [1.165, 1.54) is 0 Å². The first kappa shape index (κ1) is 12.7. The average molecular weight is 238 g/mol. The number of terminal acetylenes is 1. The van der Waals surface area contributed by atoms with Crippen molar-refractivity contribution in [1.29, 1.82) is 5.26 Å². The Hall–Kier alpha value is -1.77. The Balaban J connectivity index is 2.01. The maximum atomic E-state index is 9.44. The zero-order chi connectivity index (χ0) is 13.0. The molecule has 18 heavy (non-hydrogen) atoms. The summed E-state index contributed by atoms with van der Waals surface area (Å²) in [7, 11) is 0. The van der Waals surface area contributed by atoms with Crippen LogP contribution in [0.3, 0.4) is 0 Å². The summed E-state index contributed by atoms with van der Waals surface area (Å²) in [6, 6.07) is 13.0. The molecular formula is C16H18N2. The molecule has 1 saturated carbocycles. The molecule has 2 nitrogen and oxygen atoms in total. The van der Waals surface area contributed by atoms with E-state index in [4.69, 9.17) is 6.42 Å². The monoisotopic (exact) mass is 238 g/mol. The van der Waals surface area contributed by atoms with Crippen LogP contribution in [0.5, 0.6) is 0 Å². The minimum Gasteiger partial charge on any atom is -0.301 e. The molecule has 0 bridgehead atoms. The molecule has 0 saturated heterocycles. The highest BCUT2D eigenvalue weighted by atomic mass is 15.0. The van der Waals surface area contributed by atoms with Gasteiger partial charge in [0.15, 0.2) is 0 Å². The van der Waals surface area contributed by atoms with E-state index in [0.717, 1.165) is 24.8 Å². The van der Waals surface area contributed by atoms with Gasteiger partial charge in [-0.25, -0.2) is 0 Å². The van der Waals surface area contributed by atoms with Crippen LogP contribution >= 0.6 is 0 Å². The molecule has 1 fully saturated rings. The van der Waals surface area contributed by atoms with Gasteiger partial charge in [-0.05, 0) is 24.8 Å². The first-order chi connectivity index (χ1) is 8.74. The largest absolute Gasteiger partial charge is 0.301 e. The van der Waals surface area contributed by atoms with E-state index < -0.39 is 0 Å². The number of nitrogens with one attached hydrogen (secondary N) is 1. The van der Waals surface area contributed by atoms with Crippen molar-refractivity contribution in [3.8, 4) is 18.4 Å². The third-order valence-corrected chi connectivity index (χ3v) is 3.78. The minimum atomic E-state index is -0.314. The number of benzene rings is 1. The van der Waals surface area contributed by atoms with Crippen molar-refractivity contribution in [3.05, 3.63) is 35.9 Å². The Morgan fingerprint density at radius 2 is 2.11 bits per heavy atom. The molecule has 1 aliphatic carbocycles. The van der Waals surface area contributed by atoms with Crippen molar-refractivity contribution in [2.24, 2.45) is 0 Å². The zero-order valence-electron chi connectivity index (χ0n) is 10.7. The third kappa shape index (κ3) is 2.26. The lowest BCUT2D eigenvalue weighted by Gasteiger charge is -2.44. The smallest absolute Gasteiger partial charge is 0.0852 e. The van der Waals surface area contributed by atoms with Crippen molar-refractivity contribution in [1.82, 2.24) is 5.32 Å². The van der Waals surface area contributed by atoms with Crippen molar-refractivity contribution in [2.75, 3.05) is 0 Å². The number of rotatable bonds is 4. The Bertz CT molecular complexity index is 472. The first-order valence-corrected chi connectivity index (χ1v) is 6.43. The quantitative estimate of drug-likeness (QED) is 0.818. The molecule has 2 rings (SSSR count). The Morgan fingerprint density at radius 3 is 2.61 bits per heavy atom. The van der Waals surface area contributed by atoms with E-state index in [9.17, 15) is 5.26 Å². The summed E-state index contributed by atoms with van der Waals surface area (Å²) in [6.07, 6.45) is 8.08. The summed E-state index contributed by atoms with van der Waals surface area (Å²) in [4.78, 5) is 0. The Kier molecular flexibility index (Phi) is 3.70. The van der Waals surface area contributed by atoms with E-state index in [0.29, 0.717) is 6.04 Å². The second-order valence-electron chi connectivity index (χ2n) is 4.96. The maximum Gasteiger partial charge on any atom is 0.0852 e. The molecule has 0 aliphatic heterocycles. The Labute approximate surface area is 109 Å². The van der Waals surface area contributed by atoms with Gasteiger partial charge < -0.3 is 5.32 Å². The molecule has 0 aromatic heterocycles. The fourth-order valence-electron chi connectivity index (χ4n) is 2.62. The summed E-state index contributed by atoms with van der Waals surface area (Å²) < 4.78 is 0. The molecular weight excluding hydrogens is 220 g/mol. The number of hydrogen-bond donors (Lipinski definition) is 1. The van der Waals surface area contributed by atoms with Gasteiger partial charge in [-0.3, -0.25) is 0 Å². The molecule has 1 unspecified atom stereocenters. The van der Waals surface area contributed by atoms with Gasteiger partial charge in [0.2, 0.25) is 0 Å². The van der Waals surface area contributed by atoms with E-state index >= 15 is 0 Å². The summed E-state index contributed by atoms with van der Waals surface area (Å²) in [5.74, 6) is 2.74. The molecule has 0 amide bonds. The molecule has 1 aromatic rings. The standard InChI is InChI=1S/C16H18N2/c1-3-14(4-2)18-15-10-16(11-15,12-17)13-8-6-5-7-9-13/h1,5-9,14-15,18H,4,10-11H2,2H3. The number of nitrogens with zero attached hydrogens (tertiary/aromatic N) is 1. The predicted octanol–water partition coefficient (Wildman–Crippen LogP) is 2.61. The van der Waals surface area contributed by atoms with Gasteiger partial charge in [0.1, 0.15) is 0 Å². The summed E-state index contributed by atoms with van der Waals surface area (Å²) in [5, 5.41) is 12.9. The molecule has 92 valence electrons. The minimum absolute atomic E-state index is 0.127. The maximum absolute atomic E-state index is 9.44. The molecule has 1 atom stereocenters. The van der Waals surface area contributed by atoms with E-state index in [1.54, 1.807) is 0 Å². The SMILES string of the molecule is C#CC(CC)NC1CC(C#N)(c2ccccc2)C1. The van der Waals surface area contributed by atoms with E-state index in [1.807, 2.05) is 30.3 Å². The summed E-state index contributed by atoms with van der Waals surface area (Å²) in [6.45, 7) is 2.07. The summed E-state index contributed by atoms with van der Waals surface area (Å²) >= 11 is 0. The van der Waals surface area contributed by atoms with Crippen molar-refractivity contribution in [2.45, 2.75) is 43.7 Å². The van der Waals surface area contributed by atoms with Crippen molar-refractivity contribution >= 4 is 0 Å². The summed E-state index contributed by atoms with van der Waals surface area (Å²) in [5.41, 5.74) is 0.811. The van der Waals surface area contributed by atoms with Gasteiger partial charge in [0.05, 0.1) is 17.5 Å². The zero-order valence-corrected chi connectivity index (χ0v) is 10.7. The number of hydrogen-bond acceptors (Lipinski definition) is 2. The average Bonchev–Trinajstić information content (AvgIpc) is 2.39. The van der Waals surface area contributed by atoms with Crippen LogP contribution in [0.2, 0.25) is 0 Å². The molecule has 1 N–H and O–H groups in total. The van der Waals surface area contributed by atoms with Crippen LogP contribution in [0, 0.1) is 23.7 Å². The highest BCUT2D eigenvalue weighted by molar-refractivity contribution is 5.37. The van der Waals surface area contributed by atoms with Crippen LogP contribution in [0.25, 0.3) is 0 Å². The van der Waals surface area contributed by atoms with Crippen molar-refractivity contribution in [3.63, 3.8) is 0 Å². The van der Waals surface area contributed by atoms with E-state index in [2.05, 4.69) is 24.2 Å². The van der Waals surface area contributed by atoms with Gasteiger partial charge in [-0.1, -0.05) is 43.2 Å². The van der Waals surface area contributed by atoms with Crippen LogP contribution in [-0.2, 0) is 5.41 Å². The van der Waals surface area contributed by atoms with Gasteiger partial charge in [-0.15, -0.1) is 6.42 Å². The first-order valence-electron chi connectivity index (χ1n) is 6.43. The lowest BCUT2D eigenvalue weighted by molar-refractivity contribution is 0.218. The van der Waals surface area contributed by atoms with E-state index in [-0.39, 0.29) is 11.5 Å². The van der Waals surface area contributed by atoms with Gasteiger partial charge in [0.25, 0.3) is 0 Å². The lowest BCUT2D eigenvalue weighted by atomic mass is 9.62. The topological polar surface area (TPSA) is 35.8 Å². The molecule has 2 heteroatoms. The predicted molar refractivity (Wildman–Crippen MR) is 72.8 cm³/mol. The molecule has 0 spiro atoms. The normalized spacial score (nSPS) is 27.6. The molecule has 1 aliphatic rings. The Morgan fingerprint density at radius 1 is 1.44 bits per heavy atom. The van der Waals surface area contributed by atoms with Gasteiger partial charge in [-0.2, -0.15) is 5.26 Å². The highest BCUT2D eigenvalue weighted by Gasteiger charge is 2.46. The third-order valence-electron chi connectivity index (χ3n) is 3.78. The second-order valence-corrected chi connectivity index (χ2v) is 4.96. The van der Waals surface area contributed by atoms with Crippen LogP contribution in [0.1, 0.15) is 31.7 Å². The molecule has 1 aromatic carbocycles. The van der Waals surface area contributed by atoms with Gasteiger partial charge in [0, 0.05) is 6.04 Å². The van der Waals surface area contributed by atoms with Crippen molar-refractivity contribution < 1.29 is 0 Å².